The topological polar surface area (TPSA) is 17.8 Å². The van der Waals surface area contributed by atoms with Gasteiger partial charge in [0.2, 0.25) is 0 Å². The number of hydrogen-bond donors (Lipinski definition) is 0. The summed E-state index contributed by atoms with van der Waals surface area (Å²) in [5.74, 6) is 0. The maximum absolute atomic E-state index is 3.83. The summed E-state index contributed by atoms with van der Waals surface area (Å²) in [7, 11) is 1.89. The van der Waals surface area contributed by atoms with Crippen LogP contribution in [0.5, 0.6) is 0 Å². The first-order valence-corrected chi connectivity index (χ1v) is 1.83. The first-order chi connectivity index (χ1) is 2.89. The van der Waals surface area contributed by atoms with Gasteiger partial charge in [0.05, 0.1) is 0 Å². The van der Waals surface area contributed by atoms with Crippen LogP contribution in [0.2, 0.25) is 0 Å². The van der Waals surface area contributed by atoms with Gasteiger partial charge in [-0.05, 0) is 6.07 Å². The van der Waals surface area contributed by atoms with Crippen LogP contribution in [0.15, 0.2) is 18.5 Å². The third-order valence-electron chi connectivity index (χ3n) is 0.637. The standard InChI is InChI=1S/C4H6N2.Ag/c1-6-4-2-3-5-6;/h2-4H,1H3;. The van der Waals surface area contributed by atoms with Gasteiger partial charge in [-0.15, -0.1) is 0 Å². The minimum atomic E-state index is 0. The molecule has 0 bridgehead atoms. The van der Waals surface area contributed by atoms with Crippen molar-refractivity contribution >= 4 is 0 Å². The van der Waals surface area contributed by atoms with Crippen molar-refractivity contribution in [3.63, 3.8) is 0 Å². The predicted octanol–water partition coefficient (Wildman–Crippen LogP) is 0.418. The van der Waals surface area contributed by atoms with Crippen LogP contribution in [0.1, 0.15) is 0 Å². The van der Waals surface area contributed by atoms with E-state index in [1.54, 1.807) is 10.9 Å². The largest absolute Gasteiger partial charge is 0.276 e. The molecule has 1 rings (SSSR count). The van der Waals surface area contributed by atoms with Crippen molar-refractivity contribution < 1.29 is 22.4 Å². The molecule has 0 N–H and O–H groups in total. The summed E-state index contributed by atoms with van der Waals surface area (Å²) >= 11 is 0. The van der Waals surface area contributed by atoms with E-state index in [2.05, 4.69) is 5.10 Å². The molecule has 0 amide bonds. The van der Waals surface area contributed by atoms with Crippen molar-refractivity contribution in [2.45, 2.75) is 0 Å². The van der Waals surface area contributed by atoms with Gasteiger partial charge in [0.25, 0.3) is 0 Å². The zero-order valence-corrected chi connectivity index (χ0v) is 5.41. The quantitative estimate of drug-likeness (QED) is 0.542. The number of nitrogens with zero attached hydrogens (tertiary/aromatic N) is 2. The smallest absolute Gasteiger partial charge is 0.0489 e. The van der Waals surface area contributed by atoms with Gasteiger partial charge in [-0.3, -0.25) is 4.68 Å². The Balaban J connectivity index is 0.000000360. The van der Waals surface area contributed by atoms with Gasteiger partial charge in [0.1, 0.15) is 0 Å². The summed E-state index contributed by atoms with van der Waals surface area (Å²) in [6, 6.07) is 1.89. The Bertz CT molecular complexity index is 113. The molecule has 0 fully saturated rings. The monoisotopic (exact) mass is 189 g/mol. The third kappa shape index (κ3) is 1.92. The van der Waals surface area contributed by atoms with Crippen LogP contribution in [0.25, 0.3) is 0 Å². The SMILES string of the molecule is Cn1cccn1.[Ag]. The van der Waals surface area contributed by atoms with Crippen molar-refractivity contribution in [3.8, 4) is 0 Å². The molecule has 0 aliphatic heterocycles. The number of aromatic nitrogens is 2. The third-order valence-corrected chi connectivity index (χ3v) is 0.637. The van der Waals surface area contributed by atoms with E-state index in [-0.39, 0.29) is 22.4 Å². The van der Waals surface area contributed by atoms with E-state index in [0.717, 1.165) is 0 Å². The zero-order valence-electron chi connectivity index (χ0n) is 3.93. The first-order valence-electron chi connectivity index (χ1n) is 1.83. The summed E-state index contributed by atoms with van der Waals surface area (Å²) in [5.41, 5.74) is 0. The van der Waals surface area contributed by atoms with Gasteiger partial charge < -0.3 is 0 Å². The van der Waals surface area contributed by atoms with Crippen molar-refractivity contribution in [2.24, 2.45) is 7.05 Å². The van der Waals surface area contributed by atoms with E-state index >= 15 is 0 Å². The number of hydrogen-bond acceptors (Lipinski definition) is 1. The molecule has 1 aromatic heterocycles. The molecule has 0 aromatic carbocycles. The Morgan fingerprint density at radius 3 is 2.43 bits per heavy atom. The van der Waals surface area contributed by atoms with E-state index in [4.69, 9.17) is 0 Å². The van der Waals surface area contributed by atoms with Crippen molar-refractivity contribution in [1.82, 2.24) is 9.78 Å². The zero-order chi connectivity index (χ0) is 4.41. The number of aryl methyl sites for hydroxylation is 1. The molecule has 0 unspecified atom stereocenters. The first kappa shape index (κ1) is 6.95. The summed E-state index contributed by atoms with van der Waals surface area (Å²) in [6.07, 6.45) is 3.64. The summed E-state index contributed by atoms with van der Waals surface area (Å²) in [4.78, 5) is 0. The fourth-order valence-electron chi connectivity index (χ4n) is 0.345. The average Bonchev–Trinajstić information content (AvgIpc) is 1.86. The van der Waals surface area contributed by atoms with Crippen LogP contribution >= 0.6 is 0 Å². The van der Waals surface area contributed by atoms with Crippen LogP contribution in [0.3, 0.4) is 0 Å². The van der Waals surface area contributed by atoms with E-state index in [9.17, 15) is 0 Å². The molecule has 1 aromatic rings. The average molecular weight is 190 g/mol. The maximum Gasteiger partial charge on any atom is 0.0489 e. The van der Waals surface area contributed by atoms with E-state index in [1.807, 2.05) is 19.3 Å². The van der Waals surface area contributed by atoms with Crippen molar-refractivity contribution in [2.75, 3.05) is 0 Å². The molecule has 1 radical (unpaired) electrons. The molecule has 0 aliphatic carbocycles. The second kappa shape index (κ2) is 3.02. The molecule has 2 nitrogen and oxygen atoms in total. The second-order valence-corrected chi connectivity index (χ2v) is 1.18. The minimum absolute atomic E-state index is 0. The van der Waals surface area contributed by atoms with E-state index < -0.39 is 0 Å². The van der Waals surface area contributed by atoms with E-state index in [0.29, 0.717) is 0 Å². The normalized spacial score (nSPS) is 7.57. The Kier molecular flexibility index (Phi) is 3.00. The number of rotatable bonds is 0. The van der Waals surface area contributed by atoms with Crippen LogP contribution in [0.4, 0.5) is 0 Å². The van der Waals surface area contributed by atoms with Crippen LogP contribution in [0, 0.1) is 0 Å². The summed E-state index contributed by atoms with van der Waals surface area (Å²) in [6.45, 7) is 0. The summed E-state index contributed by atoms with van der Waals surface area (Å²) < 4.78 is 1.75. The van der Waals surface area contributed by atoms with Gasteiger partial charge in [0, 0.05) is 41.8 Å². The molecule has 0 spiro atoms. The molecule has 43 valence electrons. The molecule has 0 saturated carbocycles. The Morgan fingerprint density at radius 1 is 1.57 bits per heavy atom. The predicted molar refractivity (Wildman–Crippen MR) is 23.2 cm³/mol. The van der Waals surface area contributed by atoms with Crippen molar-refractivity contribution in [3.05, 3.63) is 18.5 Å². The van der Waals surface area contributed by atoms with E-state index in [1.165, 1.54) is 0 Å². The van der Waals surface area contributed by atoms with Crippen LogP contribution in [-0.2, 0) is 29.4 Å². The Labute approximate surface area is 58.0 Å². The van der Waals surface area contributed by atoms with Gasteiger partial charge in [-0.2, -0.15) is 5.10 Å². The fourth-order valence-corrected chi connectivity index (χ4v) is 0.345. The van der Waals surface area contributed by atoms with Gasteiger partial charge in [-0.25, -0.2) is 0 Å². The fraction of sp³-hybridized carbons (Fsp3) is 0.250. The molecule has 0 saturated heterocycles. The molecule has 3 heteroatoms. The molecule has 0 aliphatic rings. The van der Waals surface area contributed by atoms with Crippen LogP contribution < -0.4 is 0 Å². The van der Waals surface area contributed by atoms with Crippen molar-refractivity contribution in [1.29, 1.82) is 0 Å². The molecular formula is C4H6AgN2. The molecule has 1 heterocycles. The maximum atomic E-state index is 3.83. The minimum Gasteiger partial charge on any atom is -0.276 e. The van der Waals surface area contributed by atoms with Gasteiger partial charge >= 0.3 is 0 Å². The molecule has 0 atom stereocenters. The van der Waals surface area contributed by atoms with Gasteiger partial charge in [-0.1, -0.05) is 0 Å². The van der Waals surface area contributed by atoms with Crippen LogP contribution in [-0.4, -0.2) is 9.78 Å². The Hall–Kier alpha value is -0.0497. The van der Waals surface area contributed by atoms with Gasteiger partial charge in [0.15, 0.2) is 0 Å². The Morgan fingerprint density at radius 2 is 2.29 bits per heavy atom. The molecule has 7 heavy (non-hydrogen) atoms. The summed E-state index contributed by atoms with van der Waals surface area (Å²) in [5, 5.41) is 3.83. The second-order valence-electron chi connectivity index (χ2n) is 1.18. The molecular weight excluding hydrogens is 184 g/mol.